The molecule has 6 rings (SSSR count). The van der Waals surface area contributed by atoms with Crippen molar-refractivity contribution in [1.29, 1.82) is 0 Å². The summed E-state index contributed by atoms with van der Waals surface area (Å²) < 4.78 is 23.5. The molecule has 0 bridgehead atoms. The maximum absolute atomic E-state index is 12.9. The number of ether oxygens (including phenoxy) is 2. The second-order valence-corrected chi connectivity index (χ2v) is 26.6. The molecule has 11 heteroatoms. The molecule has 2 N–H and O–H groups in total. The maximum atomic E-state index is 12.9. The molecule has 0 aromatic heterocycles. The Bertz CT molecular complexity index is 2270. The van der Waals surface area contributed by atoms with Crippen LogP contribution in [0.5, 0.6) is 0 Å². The van der Waals surface area contributed by atoms with Gasteiger partial charge < -0.3 is 28.5 Å². The Morgan fingerprint density at radius 3 is 0.955 bits per heavy atom. The molecule has 0 unspecified atom stereocenters. The van der Waals surface area contributed by atoms with Crippen LogP contribution in [-0.2, 0) is 45.9 Å². The van der Waals surface area contributed by atoms with E-state index in [2.05, 4.69) is 90.1 Å². The molecule has 348 valence electrons. The number of aliphatic carboxylic acids is 1. The number of hydrogen-bond donors (Lipinski definition) is 2. The average Bonchev–Trinajstić information content (AvgIpc) is 3.32. The van der Waals surface area contributed by atoms with E-state index in [1.165, 1.54) is 6.92 Å². The molecule has 0 amide bonds. The lowest BCUT2D eigenvalue weighted by Gasteiger charge is -2.44. The summed E-state index contributed by atoms with van der Waals surface area (Å²) in [4.78, 5) is 35.2. The third-order valence-electron chi connectivity index (χ3n) is 11.0. The summed E-state index contributed by atoms with van der Waals surface area (Å²) in [6.07, 6.45) is -2.59. The number of rotatable bonds is 15. The van der Waals surface area contributed by atoms with Crippen molar-refractivity contribution in [2.24, 2.45) is 0 Å². The van der Waals surface area contributed by atoms with Crippen LogP contribution < -0.4 is 20.7 Å². The fourth-order valence-corrected chi connectivity index (χ4v) is 17.0. The highest BCUT2D eigenvalue weighted by molar-refractivity contribution is 7.00. The highest BCUT2D eigenvalue weighted by Crippen LogP contribution is 2.38. The fraction of sp³-hybridized carbons (Fsp3) is 0.291. The van der Waals surface area contributed by atoms with Crippen molar-refractivity contribution >= 4 is 55.3 Å². The van der Waals surface area contributed by atoms with Crippen LogP contribution in [0, 0.1) is 0 Å². The van der Waals surface area contributed by atoms with Crippen molar-refractivity contribution < 1.29 is 42.9 Å². The van der Waals surface area contributed by atoms with E-state index in [1.54, 1.807) is 13.8 Å². The lowest BCUT2D eigenvalue weighted by atomic mass is 10.2. The van der Waals surface area contributed by atoms with Crippen LogP contribution in [0.3, 0.4) is 0 Å². The van der Waals surface area contributed by atoms with Gasteiger partial charge in [-0.3, -0.25) is 0 Å². The summed E-state index contributed by atoms with van der Waals surface area (Å²) in [5.74, 6) is -1.87. The normalized spacial score (nSPS) is 13.0. The second kappa shape index (κ2) is 24.5. The molecule has 9 nitrogen and oxygen atoms in total. The second-order valence-electron chi connectivity index (χ2n) is 18.0. The molecule has 0 aliphatic carbocycles. The van der Waals surface area contributed by atoms with Crippen molar-refractivity contribution in [2.45, 2.75) is 104 Å². The number of aliphatic hydroxyl groups is 1. The Morgan fingerprint density at radius 1 is 0.439 bits per heavy atom. The summed E-state index contributed by atoms with van der Waals surface area (Å²) in [6.45, 7) is 18.2. The van der Waals surface area contributed by atoms with E-state index in [9.17, 15) is 19.5 Å². The smallest absolute Gasteiger partial charge is 0.334 e. The van der Waals surface area contributed by atoms with Crippen LogP contribution in [0.15, 0.2) is 182 Å². The van der Waals surface area contributed by atoms with Gasteiger partial charge in [-0.05, 0) is 62.7 Å². The topological polar surface area (TPSA) is 129 Å². The third kappa shape index (κ3) is 14.0. The van der Waals surface area contributed by atoms with Gasteiger partial charge in [0.1, 0.15) is 31.5 Å². The zero-order valence-electron chi connectivity index (χ0n) is 39.7. The molecule has 0 saturated heterocycles. The third-order valence-corrected chi connectivity index (χ3v) is 21.2. The van der Waals surface area contributed by atoms with Crippen molar-refractivity contribution in [3.63, 3.8) is 0 Å². The van der Waals surface area contributed by atoms with Crippen molar-refractivity contribution in [3.8, 4) is 0 Å². The number of aliphatic hydroxyl groups excluding tert-OH is 1. The molecule has 0 spiro atoms. The SMILES string of the molecule is C[C@H](O)C(=O)OCc1ccccc1.C[C@H](O[Si](c1ccccc1)(c1ccccc1)C(C)(C)C)C(=O)O.C[C@H](O[Si](c1ccccc1)(c1ccccc1)C(C)(C)C)C(=O)OCc1ccccc1. The van der Waals surface area contributed by atoms with Crippen LogP contribution in [0.2, 0.25) is 10.1 Å². The summed E-state index contributed by atoms with van der Waals surface area (Å²) in [5.41, 5.74) is 1.87. The van der Waals surface area contributed by atoms with Gasteiger partial charge in [-0.15, -0.1) is 0 Å². The Hall–Kier alpha value is -5.96. The Kier molecular flexibility index (Phi) is 19.6. The van der Waals surface area contributed by atoms with E-state index < -0.39 is 46.9 Å². The average molecular weight is 927 g/mol. The quantitative estimate of drug-likeness (QED) is 0.0767. The minimum absolute atomic E-state index is 0.191. The number of benzene rings is 6. The lowest BCUT2D eigenvalue weighted by Crippen LogP contribution is -2.68. The van der Waals surface area contributed by atoms with Gasteiger partial charge in [-0.2, -0.15) is 0 Å². The van der Waals surface area contributed by atoms with Gasteiger partial charge >= 0.3 is 17.9 Å². The predicted octanol–water partition coefficient (Wildman–Crippen LogP) is 8.84. The number of carbonyl (C=O) groups is 3. The largest absolute Gasteiger partial charge is 0.479 e. The van der Waals surface area contributed by atoms with Crippen LogP contribution in [0.25, 0.3) is 0 Å². The minimum atomic E-state index is -2.78. The first-order chi connectivity index (χ1) is 31.3. The van der Waals surface area contributed by atoms with Gasteiger partial charge in [0.05, 0.1) is 0 Å². The van der Waals surface area contributed by atoms with E-state index in [0.29, 0.717) is 0 Å². The molecule has 6 aromatic rings. The molecular formula is C55H66O9Si2. The molecule has 0 radical (unpaired) electrons. The van der Waals surface area contributed by atoms with E-state index in [4.69, 9.17) is 23.4 Å². The minimum Gasteiger partial charge on any atom is -0.479 e. The zero-order valence-corrected chi connectivity index (χ0v) is 41.7. The summed E-state index contributed by atoms with van der Waals surface area (Å²) in [6, 6.07) is 59.8. The maximum Gasteiger partial charge on any atom is 0.334 e. The molecular weight excluding hydrogens is 861 g/mol. The predicted molar refractivity (Wildman–Crippen MR) is 268 cm³/mol. The number of carbonyl (C=O) groups excluding carboxylic acids is 2. The summed E-state index contributed by atoms with van der Waals surface area (Å²) in [7, 11) is -5.54. The highest BCUT2D eigenvalue weighted by Gasteiger charge is 2.53. The van der Waals surface area contributed by atoms with E-state index in [0.717, 1.165) is 31.9 Å². The van der Waals surface area contributed by atoms with Crippen LogP contribution >= 0.6 is 0 Å². The van der Waals surface area contributed by atoms with Crippen LogP contribution in [-0.4, -0.2) is 63.1 Å². The first-order valence-corrected chi connectivity index (χ1v) is 26.0. The Balaban J connectivity index is 0.000000234. The lowest BCUT2D eigenvalue weighted by molar-refractivity contribution is -0.154. The molecule has 6 aromatic carbocycles. The summed E-state index contributed by atoms with van der Waals surface area (Å²) in [5, 5.41) is 22.3. The van der Waals surface area contributed by atoms with Gasteiger partial charge in [0.15, 0.2) is 0 Å². The van der Waals surface area contributed by atoms with Crippen LogP contribution in [0.1, 0.15) is 73.4 Å². The zero-order chi connectivity index (χ0) is 48.4. The first kappa shape index (κ1) is 52.7. The van der Waals surface area contributed by atoms with E-state index >= 15 is 0 Å². The highest BCUT2D eigenvalue weighted by atomic mass is 28.4. The van der Waals surface area contributed by atoms with Gasteiger partial charge in [-0.1, -0.05) is 224 Å². The van der Waals surface area contributed by atoms with Gasteiger partial charge in [0, 0.05) is 0 Å². The van der Waals surface area contributed by atoms with Gasteiger partial charge in [-0.25, -0.2) is 14.4 Å². The van der Waals surface area contributed by atoms with Crippen molar-refractivity contribution in [1.82, 2.24) is 0 Å². The van der Waals surface area contributed by atoms with Crippen LogP contribution in [0.4, 0.5) is 0 Å². The summed E-state index contributed by atoms with van der Waals surface area (Å²) >= 11 is 0. The number of carboxylic acid groups (broad SMARTS) is 1. The molecule has 3 atom stereocenters. The standard InChI is InChI=1S/C26H30O3Si.C19H24O3Si.C10H12O3/c1-21(25(27)28-20-22-14-8-5-9-15-22)29-30(26(2,3)4,23-16-10-6-11-17-23)24-18-12-7-13-19-24;1-15(18(20)21)22-23(19(2,3)4,16-11-7-5-8-12-16)17-13-9-6-10-14-17;1-8(11)10(12)13-7-9-5-3-2-4-6-9/h5-19,21H,20H2,1-4H3;5-15H,1-4H3,(H,20,21);2-6,8,11H,7H2,1H3/t21-;15-;8-/m000/s1. The molecule has 0 aliphatic rings. The molecule has 0 heterocycles. The molecule has 0 aliphatic heterocycles. The number of esters is 2. The monoisotopic (exact) mass is 926 g/mol. The van der Waals surface area contributed by atoms with Gasteiger partial charge in [0.25, 0.3) is 16.6 Å². The van der Waals surface area contributed by atoms with Crippen molar-refractivity contribution in [3.05, 3.63) is 193 Å². The fourth-order valence-electron chi connectivity index (χ4n) is 7.71. The van der Waals surface area contributed by atoms with E-state index in [1.807, 2.05) is 133 Å². The van der Waals surface area contributed by atoms with Crippen molar-refractivity contribution in [2.75, 3.05) is 0 Å². The number of carboxylic acids is 1. The Morgan fingerprint density at radius 2 is 0.697 bits per heavy atom. The Labute approximate surface area is 393 Å². The number of hydrogen-bond acceptors (Lipinski definition) is 8. The first-order valence-electron chi connectivity index (χ1n) is 22.2. The van der Waals surface area contributed by atoms with Gasteiger partial charge in [0.2, 0.25) is 0 Å². The molecule has 66 heavy (non-hydrogen) atoms. The molecule has 0 fully saturated rings. The van der Waals surface area contributed by atoms with E-state index in [-0.39, 0.29) is 29.3 Å². The molecule has 0 saturated carbocycles.